The topological polar surface area (TPSA) is 594 Å². The third kappa shape index (κ3) is 12.0. The van der Waals surface area contributed by atoms with Gasteiger partial charge in [0.25, 0.3) is 15.6 Å². The van der Waals surface area contributed by atoms with Crippen molar-refractivity contribution in [2.75, 3.05) is 61.8 Å². The summed E-state index contributed by atoms with van der Waals surface area (Å²) in [7, 11) is -14.9. The van der Waals surface area contributed by atoms with Crippen LogP contribution in [0.15, 0.2) is 19.0 Å². The van der Waals surface area contributed by atoms with Gasteiger partial charge in [-0.15, -0.1) is 0 Å². The number of aromatic nitrogens is 12. The molecule has 9 heterocycles. The molecule has 0 saturated carbocycles. The summed E-state index contributed by atoms with van der Waals surface area (Å²) in [6.45, 7) is -1.91. The molecule has 14 atom stereocenters. The summed E-state index contributed by atoms with van der Waals surface area (Å²) < 4.78 is 64.2. The molecule has 3 saturated heterocycles. The number of rotatable bonds is 14. The zero-order valence-electron chi connectivity index (χ0n) is 37.5. The van der Waals surface area contributed by atoms with Crippen LogP contribution < -0.4 is 47.4 Å². The molecule has 42 heteroatoms. The van der Waals surface area contributed by atoms with Gasteiger partial charge in [-0.25, -0.2) is 19.3 Å². The highest BCUT2D eigenvalue weighted by atomic mass is 35.5. The molecule has 0 amide bonds. The molecule has 3 aliphatic heterocycles. The lowest BCUT2D eigenvalue weighted by Crippen LogP contribution is -2.34. The third-order valence-electron chi connectivity index (χ3n) is 10.7. The number of halogens is 1. The zero-order chi connectivity index (χ0) is 54.4. The summed E-state index contributed by atoms with van der Waals surface area (Å²) in [5.41, 5.74) is 18.5. The van der Waals surface area contributed by atoms with Crippen molar-refractivity contribution in [3.05, 3.63) is 24.1 Å². The van der Waals surface area contributed by atoms with Crippen LogP contribution in [0.25, 0.3) is 33.5 Å². The van der Waals surface area contributed by atoms with Crippen molar-refractivity contribution < 1.29 is 101 Å². The van der Waals surface area contributed by atoms with E-state index in [-0.39, 0.29) is 45.6 Å². The molecular weight excluding hydrogens is 1090 g/mol. The standard InChI is InChI=1S/C11H19N6O13P3.C11H16N6O4.C10H12ClN5O4/c1-13-8-5-9(16-11(12)15-8)17(3-14-5)10-7(19)6(18)4(28-10)2-27-32(23,24)30-33(25,26)29-31(20,21)22;1-13-8-5-9(16-11(12)15-8)17(3-14-5)10-7(20)6(19)4(2-18)21-10;11-7-4-8(15-10(12)14-7)16(2-13-4)9-6(19)5(18)3(1-17)20-9/h3-4,6-7,10,18-19H,2H2,1H3,(H,23,24)(H,25,26)(H2,20,21,22)(H3,12,13,15,16);3-4,6-7,10,18-20H,2H2,1H3,(H3,12,13,15,16);2-3,5-6,9,17-19H,1H2,(H2,12,14,15)/p-4/t2*4-,6?,7+,10-;3-,5?,6+,9-/m111/s1. The number of ether oxygens (including phenoxy) is 3. The van der Waals surface area contributed by atoms with Gasteiger partial charge in [-0.1, -0.05) is 11.6 Å². The van der Waals surface area contributed by atoms with Crippen LogP contribution in [0.4, 0.5) is 29.5 Å². The Morgan fingerprint density at radius 2 is 0.946 bits per heavy atom. The van der Waals surface area contributed by atoms with Gasteiger partial charge in [0.05, 0.1) is 46.6 Å². The van der Waals surface area contributed by atoms with E-state index >= 15 is 0 Å². The van der Waals surface area contributed by atoms with E-state index in [1.807, 2.05) is 0 Å². The van der Waals surface area contributed by atoms with Crippen molar-refractivity contribution in [2.45, 2.75) is 73.6 Å². The van der Waals surface area contributed by atoms with Gasteiger partial charge < -0.3 is 112 Å². The highest BCUT2D eigenvalue weighted by Gasteiger charge is 2.47. The van der Waals surface area contributed by atoms with Crippen molar-refractivity contribution in [1.29, 1.82) is 0 Å². The van der Waals surface area contributed by atoms with Gasteiger partial charge >= 0.3 is 0 Å². The average Bonchev–Trinajstić information content (AvgIpc) is 4.18. The first-order valence-corrected chi connectivity index (χ1v) is 25.5. The molecular formula is C32H43ClN17O21P3-4. The first kappa shape index (κ1) is 56.6. The Hall–Kier alpha value is -5.09. The van der Waals surface area contributed by atoms with Gasteiger partial charge in [0.1, 0.15) is 60.5 Å². The maximum absolute atomic E-state index is 11.7. The number of nitrogens with two attached hydrogens (primary N) is 3. The normalized spacial score (nSPS) is 28.6. The van der Waals surface area contributed by atoms with E-state index in [1.165, 1.54) is 32.7 Å². The Bertz CT molecular complexity index is 3120. The first-order valence-electron chi connectivity index (χ1n) is 20.7. The SMILES string of the molecule is CNc1nc(N)nc2c1ncn2[C@@H]1O[C@H](CO)C(O)[C@@H]1O.CNc1nc(N)nc2c1ncn2[C@@H]1O[C@H](COP(=O)([O-])OP(=O)([O-])OP(=O)([O-])[O-])C(O)[C@@H]1O.Nc1nc(Cl)c2ncn([C@@H]3O[C@H](CO)C(O)[C@@H]3O)c2n1. The van der Waals surface area contributed by atoms with E-state index < -0.39 is 117 Å². The van der Waals surface area contributed by atoms with Crippen LogP contribution in [0.2, 0.25) is 5.15 Å². The molecule has 38 nitrogen and oxygen atoms in total. The smallest absolute Gasteiger partial charge is 0.278 e. The Labute approximate surface area is 416 Å². The molecule has 5 unspecified atom stereocenters. The summed E-state index contributed by atoms with van der Waals surface area (Å²) >= 11 is 5.90. The predicted molar refractivity (Wildman–Crippen MR) is 236 cm³/mol. The lowest BCUT2D eigenvalue weighted by molar-refractivity contribution is -0.339. The molecule has 408 valence electrons. The van der Waals surface area contributed by atoms with Crippen LogP contribution in [0.5, 0.6) is 0 Å². The van der Waals surface area contributed by atoms with Gasteiger partial charge in [-0.3, -0.25) is 27.1 Å². The number of aliphatic hydroxyl groups excluding tert-OH is 8. The number of phosphoric ester groups is 1. The second-order valence-corrected chi connectivity index (χ2v) is 20.1. The van der Waals surface area contributed by atoms with Gasteiger partial charge in [-0.2, -0.15) is 29.9 Å². The lowest BCUT2D eigenvalue weighted by atomic mass is 10.1. The lowest BCUT2D eigenvalue weighted by Gasteiger charge is -2.37. The number of anilines is 5. The summed E-state index contributed by atoms with van der Waals surface area (Å²) in [6.07, 6.45) is -10.9. The van der Waals surface area contributed by atoms with Crippen LogP contribution in [0.3, 0.4) is 0 Å². The quantitative estimate of drug-likeness (QED) is 0.0356. The average molecular weight is 1130 g/mol. The fourth-order valence-electron chi connectivity index (χ4n) is 7.44. The Morgan fingerprint density at radius 3 is 1.32 bits per heavy atom. The number of phosphoric acid groups is 3. The van der Waals surface area contributed by atoms with E-state index in [1.54, 1.807) is 14.1 Å². The summed E-state index contributed by atoms with van der Waals surface area (Å²) in [4.78, 5) is 79.6. The summed E-state index contributed by atoms with van der Waals surface area (Å²) in [5.74, 6) is 0.536. The highest BCUT2D eigenvalue weighted by Crippen LogP contribution is 2.60. The number of hydrogen-bond acceptors (Lipinski definition) is 35. The molecule has 0 aliphatic carbocycles. The van der Waals surface area contributed by atoms with E-state index in [0.29, 0.717) is 22.5 Å². The van der Waals surface area contributed by atoms with Gasteiger partial charge in [0, 0.05) is 14.1 Å². The molecule has 3 aliphatic rings. The van der Waals surface area contributed by atoms with Crippen molar-refractivity contribution in [3.63, 3.8) is 0 Å². The zero-order valence-corrected chi connectivity index (χ0v) is 40.9. The maximum atomic E-state index is 11.7. The molecule has 16 N–H and O–H groups in total. The molecule has 9 rings (SSSR count). The summed E-state index contributed by atoms with van der Waals surface area (Å²) in [5, 5.41) is 84.0. The number of aliphatic hydroxyl groups is 8. The van der Waals surface area contributed by atoms with Gasteiger partial charge in [-0.05, 0) is 0 Å². The summed E-state index contributed by atoms with van der Waals surface area (Å²) in [6, 6.07) is 0. The fourth-order valence-corrected chi connectivity index (χ4v) is 10.5. The Balaban J connectivity index is 0.000000170. The Morgan fingerprint density at radius 1 is 0.581 bits per heavy atom. The molecule has 6 aromatic rings. The second-order valence-electron chi connectivity index (χ2n) is 15.5. The first-order chi connectivity index (χ1) is 34.7. The van der Waals surface area contributed by atoms with Gasteiger partial charge in [0.2, 0.25) is 17.8 Å². The number of nitrogen functional groups attached to an aromatic ring is 3. The van der Waals surface area contributed by atoms with Crippen LogP contribution in [-0.4, -0.2) is 188 Å². The van der Waals surface area contributed by atoms with Crippen molar-refractivity contribution in [2.24, 2.45) is 0 Å². The molecule has 0 aromatic carbocycles. The Kier molecular flexibility index (Phi) is 17.0. The molecule has 0 spiro atoms. The van der Waals surface area contributed by atoms with E-state index in [0.717, 1.165) is 0 Å². The minimum absolute atomic E-state index is 0.0420. The molecule has 0 bridgehead atoms. The van der Waals surface area contributed by atoms with Gasteiger partial charge in [0.15, 0.2) is 63.4 Å². The fraction of sp³-hybridized carbons (Fsp3) is 0.531. The monoisotopic (exact) mass is 1130 g/mol. The van der Waals surface area contributed by atoms with Crippen LogP contribution in [0.1, 0.15) is 18.7 Å². The van der Waals surface area contributed by atoms with Crippen LogP contribution >= 0.6 is 35.1 Å². The van der Waals surface area contributed by atoms with Crippen molar-refractivity contribution in [3.8, 4) is 0 Å². The third-order valence-corrected chi connectivity index (χ3v) is 14.7. The molecule has 6 aromatic heterocycles. The number of fused-ring (bicyclic) bond motifs is 3. The number of imidazole rings is 3. The predicted octanol–water partition coefficient (Wildman–Crippen LogP) is -7.38. The largest absolute Gasteiger partial charge is 0.790 e. The van der Waals surface area contributed by atoms with E-state index in [9.17, 15) is 63.9 Å². The van der Waals surface area contributed by atoms with Crippen LogP contribution in [0, 0.1) is 0 Å². The highest BCUT2D eigenvalue weighted by molar-refractivity contribution is 7.64. The van der Waals surface area contributed by atoms with Crippen molar-refractivity contribution in [1.82, 2.24) is 58.6 Å². The minimum atomic E-state index is -6.15. The number of nitrogens with zero attached hydrogens (tertiary/aromatic N) is 12. The number of hydrogen-bond donors (Lipinski definition) is 13. The molecule has 74 heavy (non-hydrogen) atoms. The van der Waals surface area contributed by atoms with Crippen LogP contribution in [-0.2, 0) is 41.1 Å². The van der Waals surface area contributed by atoms with Crippen molar-refractivity contribution >= 4 is 98.0 Å². The molecule has 3 fully saturated rings. The number of nitrogens with one attached hydrogen (secondary N) is 2. The van der Waals surface area contributed by atoms with E-state index in [2.05, 4.69) is 68.6 Å². The second kappa shape index (κ2) is 22.2. The minimum Gasteiger partial charge on any atom is -0.790 e. The van der Waals surface area contributed by atoms with E-state index in [4.69, 9.17) is 53.2 Å². The molecule has 0 radical (unpaired) electrons. The maximum Gasteiger partial charge on any atom is 0.278 e.